The number of anilines is 1. The van der Waals surface area contributed by atoms with Gasteiger partial charge in [0.2, 0.25) is 0 Å². The predicted octanol–water partition coefficient (Wildman–Crippen LogP) is 3.32. The Morgan fingerprint density at radius 2 is 2.10 bits per heavy atom. The highest BCUT2D eigenvalue weighted by Crippen LogP contribution is 2.24. The second-order valence-corrected chi connectivity index (χ2v) is 5.81. The van der Waals surface area contributed by atoms with Gasteiger partial charge in [-0.25, -0.2) is 4.79 Å². The lowest BCUT2D eigenvalue weighted by Gasteiger charge is -2.29. The van der Waals surface area contributed by atoms with Crippen molar-refractivity contribution in [2.75, 3.05) is 25.0 Å². The van der Waals surface area contributed by atoms with Crippen molar-refractivity contribution < 1.29 is 9.90 Å². The highest BCUT2D eigenvalue weighted by atomic mass is 35.5. The van der Waals surface area contributed by atoms with E-state index in [-0.39, 0.29) is 11.6 Å². The molecule has 5 heteroatoms. The van der Waals surface area contributed by atoms with Gasteiger partial charge in [0.05, 0.1) is 16.3 Å². The van der Waals surface area contributed by atoms with E-state index in [1.165, 1.54) is 25.3 Å². The molecule has 0 aromatic heterocycles. The second-order valence-electron chi connectivity index (χ2n) is 5.41. The first kappa shape index (κ1) is 15.1. The Morgan fingerprint density at radius 3 is 2.70 bits per heavy atom. The van der Waals surface area contributed by atoms with Crippen LogP contribution < -0.4 is 5.32 Å². The van der Waals surface area contributed by atoms with E-state index in [9.17, 15) is 4.79 Å². The van der Waals surface area contributed by atoms with Crippen LogP contribution in [0.4, 0.5) is 5.69 Å². The summed E-state index contributed by atoms with van der Waals surface area (Å²) in [5.41, 5.74) is 1.01. The van der Waals surface area contributed by atoms with E-state index in [1.54, 1.807) is 12.1 Å². The molecule has 1 aliphatic rings. The highest BCUT2D eigenvalue weighted by Gasteiger charge is 2.14. The number of rotatable bonds is 5. The van der Waals surface area contributed by atoms with E-state index in [0.29, 0.717) is 5.02 Å². The van der Waals surface area contributed by atoms with E-state index in [4.69, 9.17) is 16.7 Å². The van der Waals surface area contributed by atoms with Crippen molar-refractivity contribution in [1.29, 1.82) is 0 Å². The van der Waals surface area contributed by atoms with Crippen LogP contribution in [0.15, 0.2) is 18.2 Å². The molecule has 110 valence electrons. The summed E-state index contributed by atoms with van der Waals surface area (Å²) in [7, 11) is 0. The van der Waals surface area contributed by atoms with Crippen molar-refractivity contribution >= 4 is 23.3 Å². The molecule has 0 spiro atoms. The van der Waals surface area contributed by atoms with Gasteiger partial charge in [0, 0.05) is 12.6 Å². The minimum atomic E-state index is -0.959. The Kier molecular flexibility index (Phi) is 5.26. The molecule has 20 heavy (non-hydrogen) atoms. The lowest BCUT2D eigenvalue weighted by Crippen LogP contribution is -2.38. The van der Waals surface area contributed by atoms with E-state index >= 15 is 0 Å². The summed E-state index contributed by atoms with van der Waals surface area (Å²) in [6, 6.07) is 5.07. The number of aromatic carboxylic acids is 1. The molecule has 0 radical (unpaired) electrons. The van der Waals surface area contributed by atoms with Crippen molar-refractivity contribution in [2.24, 2.45) is 0 Å². The van der Waals surface area contributed by atoms with Gasteiger partial charge < -0.3 is 15.3 Å². The summed E-state index contributed by atoms with van der Waals surface area (Å²) in [5.74, 6) is -0.959. The van der Waals surface area contributed by atoms with Crippen LogP contribution in [0.1, 0.15) is 36.5 Å². The monoisotopic (exact) mass is 296 g/mol. The van der Waals surface area contributed by atoms with Crippen LogP contribution in [0.25, 0.3) is 0 Å². The van der Waals surface area contributed by atoms with Gasteiger partial charge in [-0.2, -0.15) is 0 Å². The number of hydrogen-bond donors (Lipinski definition) is 2. The number of carboxylic acid groups (broad SMARTS) is 1. The van der Waals surface area contributed by atoms with Crippen molar-refractivity contribution in [1.82, 2.24) is 4.90 Å². The van der Waals surface area contributed by atoms with Crippen LogP contribution >= 0.6 is 11.6 Å². The third kappa shape index (κ3) is 4.12. The lowest BCUT2D eigenvalue weighted by atomic mass is 10.1. The SMILES string of the molecule is CC(CN1CCCCC1)Nc1ccc(C(=O)O)cc1Cl. The molecule has 1 saturated heterocycles. The Labute approximate surface area is 124 Å². The fourth-order valence-electron chi connectivity index (χ4n) is 2.61. The number of halogens is 1. The van der Waals surface area contributed by atoms with Gasteiger partial charge in [-0.3, -0.25) is 0 Å². The van der Waals surface area contributed by atoms with Crippen LogP contribution in [0, 0.1) is 0 Å². The zero-order chi connectivity index (χ0) is 14.5. The third-order valence-corrected chi connectivity index (χ3v) is 3.91. The van der Waals surface area contributed by atoms with Crippen LogP contribution in [0.3, 0.4) is 0 Å². The van der Waals surface area contributed by atoms with Gasteiger partial charge in [-0.1, -0.05) is 18.0 Å². The molecule has 1 aromatic carbocycles. The molecule has 0 amide bonds. The zero-order valence-electron chi connectivity index (χ0n) is 11.7. The van der Waals surface area contributed by atoms with E-state index < -0.39 is 5.97 Å². The summed E-state index contributed by atoms with van der Waals surface area (Å²) in [6.07, 6.45) is 3.89. The van der Waals surface area contributed by atoms with E-state index in [1.807, 2.05) is 0 Å². The predicted molar refractivity (Wildman–Crippen MR) is 81.8 cm³/mol. The van der Waals surface area contributed by atoms with Gasteiger partial charge in [-0.05, 0) is 51.1 Å². The number of piperidine rings is 1. The Hall–Kier alpha value is -1.26. The fraction of sp³-hybridized carbons (Fsp3) is 0.533. The summed E-state index contributed by atoms with van der Waals surface area (Å²) >= 11 is 6.12. The van der Waals surface area contributed by atoms with Crippen LogP contribution in [-0.4, -0.2) is 41.7 Å². The number of carbonyl (C=O) groups is 1. The minimum Gasteiger partial charge on any atom is -0.478 e. The molecule has 1 aliphatic heterocycles. The maximum atomic E-state index is 10.9. The van der Waals surface area contributed by atoms with Crippen molar-refractivity contribution in [3.05, 3.63) is 28.8 Å². The number of likely N-dealkylation sites (tertiary alicyclic amines) is 1. The number of benzene rings is 1. The zero-order valence-corrected chi connectivity index (χ0v) is 12.5. The van der Waals surface area contributed by atoms with Gasteiger partial charge >= 0.3 is 5.97 Å². The Balaban J connectivity index is 1.93. The molecule has 4 nitrogen and oxygen atoms in total. The van der Waals surface area contributed by atoms with Crippen molar-refractivity contribution in [3.8, 4) is 0 Å². The summed E-state index contributed by atoms with van der Waals surface area (Å²) in [6.45, 7) is 5.43. The van der Waals surface area contributed by atoms with Gasteiger partial charge in [0.1, 0.15) is 0 Å². The fourth-order valence-corrected chi connectivity index (χ4v) is 2.84. The molecule has 1 aromatic rings. The van der Waals surface area contributed by atoms with Crippen LogP contribution in [-0.2, 0) is 0 Å². The molecule has 2 N–H and O–H groups in total. The second kappa shape index (κ2) is 6.95. The molecular weight excluding hydrogens is 276 g/mol. The average molecular weight is 297 g/mol. The van der Waals surface area contributed by atoms with Crippen molar-refractivity contribution in [3.63, 3.8) is 0 Å². The quantitative estimate of drug-likeness (QED) is 0.875. The molecule has 1 unspecified atom stereocenters. The molecule has 0 saturated carbocycles. The number of carboxylic acids is 1. The van der Waals surface area contributed by atoms with Gasteiger partial charge in [0.25, 0.3) is 0 Å². The maximum absolute atomic E-state index is 10.9. The normalized spacial score (nSPS) is 17.7. The van der Waals surface area contributed by atoms with E-state index in [2.05, 4.69) is 17.1 Å². The lowest BCUT2D eigenvalue weighted by molar-refractivity contribution is 0.0697. The summed E-state index contributed by atoms with van der Waals surface area (Å²) in [5, 5.41) is 12.7. The molecule has 2 rings (SSSR count). The Morgan fingerprint density at radius 1 is 1.40 bits per heavy atom. The average Bonchev–Trinajstić information content (AvgIpc) is 2.42. The number of hydrogen-bond acceptors (Lipinski definition) is 3. The summed E-state index contributed by atoms with van der Waals surface area (Å²) < 4.78 is 0. The Bertz CT molecular complexity index is 473. The molecule has 1 fully saturated rings. The molecule has 0 bridgehead atoms. The summed E-state index contributed by atoms with van der Waals surface area (Å²) in [4.78, 5) is 13.3. The first-order chi connectivity index (χ1) is 9.56. The van der Waals surface area contributed by atoms with Crippen molar-refractivity contribution in [2.45, 2.75) is 32.2 Å². The van der Waals surface area contributed by atoms with Crippen LogP contribution in [0.5, 0.6) is 0 Å². The first-order valence-corrected chi connectivity index (χ1v) is 7.46. The number of nitrogens with one attached hydrogen (secondary N) is 1. The molecule has 1 atom stereocenters. The van der Waals surface area contributed by atoms with Crippen LogP contribution in [0.2, 0.25) is 5.02 Å². The number of nitrogens with zero attached hydrogens (tertiary/aromatic N) is 1. The largest absolute Gasteiger partial charge is 0.478 e. The van der Waals surface area contributed by atoms with E-state index in [0.717, 1.165) is 25.3 Å². The first-order valence-electron chi connectivity index (χ1n) is 7.08. The third-order valence-electron chi connectivity index (χ3n) is 3.60. The standard InChI is InChI=1S/C15H21ClN2O2/c1-11(10-18-7-3-2-4-8-18)17-14-6-5-12(15(19)20)9-13(14)16/h5-6,9,11,17H,2-4,7-8,10H2,1H3,(H,19,20). The topological polar surface area (TPSA) is 52.6 Å². The molecule has 1 heterocycles. The molecular formula is C15H21ClN2O2. The van der Waals surface area contributed by atoms with Gasteiger partial charge in [0.15, 0.2) is 0 Å². The smallest absolute Gasteiger partial charge is 0.335 e. The highest BCUT2D eigenvalue weighted by molar-refractivity contribution is 6.33. The van der Waals surface area contributed by atoms with Gasteiger partial charge in [-0.15, -0.1) is 0 Å². The molecule has 0 aliphatic carbocycles. The minimum absolute atomic E-state index is 0.212. The maximum Gasteiger partial charge on any atom is 0.335 e.